The maximum atomic E-state index is 9.36. The van der Waals surface area contributed by atoms with Gasteiger partial charge in [0.1, 0.15) is 5.75 Å². The van der Waals surface area contributed by atoms with E-state index < -0.39 is 0 Å². The Morgan fingerprint density at radius 2 is 2.00 bits per heavy atom. The lowest BCUT2D eigenvalue weighted by molar-refractivity contribution is 0.472. The number of hydrogen-bond donors (Lipinski definition) is 3. The molecule has 0 spiro atoms. The third kappa shape index (κ3) is 4.70. The summed E-state index contributed by atoms with van der Waals surface area (Å²) in [7, 11) is 0. The minimum absolute atomic E-state index is 0. The lowest BCUT2D eigenvalue weighted by Crippen LogP contribution is -2.11. The van der Waals surface area contributed by atoms with Crippen LogP contribution in [0.4, 0.5) is 0 Å². The molecule has 16 heavy (non-hydrogen) atoms. The average Bonchev–Trinajstić information content (AvgIpc) is 2.22. The van der Waals surface area contributed by atoms with Gasteiger partial charge in [-0.25, -0.2) is 0 Å². The quantitative estimate of drug-likeness (QED) is 0.732. The van der Waals surface area contributed by atoms with Crippen molar-refractivity contribution in [2.45, 2.75) is 25.3 Å². The first-order valence-electron chi connectivity index (χ1n) is 5.09. The molecular weight excluding hydrogens is 291 g/mol. The smallest absolute Gasteiger partial charge is 0.115 e. The minimum Gasteiger partial charge on any atom is -0.508 e. The van der Waals surface area contributed by atoms with Crippen LogP contribution in [0.2, 0.25) is 0 Å². The number of phenolic OH excluding ortho intramolecular Hbond substituents is 1. The number of halogens is 2. The average molecular weight is 310 g/mol. The molecule has 0 aliphatic carbocycles. The number of benzene rings is 1. The molecule has 0 aliphatic rings. The highest BCUT2D eigenvalue weighted by Gasteiger charge is 2.10. The Morgan fingerprint density at radius 3 is 2.62 bits per heavy atom. The van der Waals surface area contributed by atoms with Crippen LogP contribution in [0.15, 0.2) is 22.7 Å². The van der Waals surface area contributed by atoms with E-state index in [9.17, 15) is 5.11 Å². The van der Waals surface area contributed by atoms with Crippen LogP contribution in [0, 0.1) is 0 Å². The van der Waals surface area contributed by atoms with Gasteiger partial charge in [-0.2, -0.15) is 0 Å². The second kappa shape index (κ2) is 7.90. The summed E-state index contributed by atoms with van der Waals surface area (Å²) in [6.07, 6.45) is 2.89. The van der Waals surface area contributed by atoms with E-state index in [0.717, 1.165) is 29.3 Å². The van der Waals surface area contributed by atoms with Crippen LogP contribution in [0.1, 0.15) is 30.9 Å². The summed E-state index contributed by atoms with van der Waals surface area (Å²) in [5.41, 5.74) is 12.4. The van der Waals surface area contributed by atoms with Gasteiger partial charge in [-0.05, 0) is 43.1 Å². The molecule has 0 heterocycles. The second-order valence-electron chi connectivity index (χ2n) is 3.60. The van der Waals surface area contributed by atoms with Crippen LogP contribution in [0.5, 0.6) is 5.75 Å². The van der Waals surface area contributed by atoms with Crippen molar-refractivity contribution in [1.82, 2.24) is 0 Å². The first-order valence-corrected chi connectivity index (χ1v) is 5.88. The van der Waals surface area contributed by atoms with Gasteiger partial charge < -0.3 is 16.6 Å². The van der Waals surface area contributed by atoms with Crippen LogP contribution in [0.3, 0.4) is 0 Å². The van der Waals surface area contributed by atoms with Gasteiger partial charge in [0.2, 0.25) is 0 Å². The monoisotopic (exact) mass is 308 g/mol. The van der Waals surface area contributed by atoms with Crippen LogP contribution in [0.25, 0.3) is 0 Å². The maximum absolute atomic E-state index is 9.36. The van der Waals surface area contributed by atoms with E-state index in [4.69, 9.17) is 11.5 Å². The molecule has 92 valence electrons. The largest absolute Gasteiger partial charge is 0.508 e. The molecule has 5 heteroatoms. The van der Waals surface area contributed by atoms with Crippen LogP contribution in [-0.4, -0.2) is 11.7 Å². The molecule has 0 bridgehead atoms. The SMILES string of the molecule is Cl.NCCCC[C@H](N)c1cc(O)ccc1Br. The summed E-state index contributed by atoms with van der Waals surface area (Å²) in [6, 6.07) is 5.11. The van der Waals surface area contributed by atoms with Crippen LogP contribution < -0.4 is 11.5 Å². The van der Waals surface area contributed by atoms with Gasteiger partial charge in [-0.1, -0.05) is 22.4 Å². The van der Waals surface area contributed by atoms with Crippen molar-refractivity contribution in [3.05, 3.63) is 28.2 Å². The molecule has 0 amide bonds. The summed E-state index contributed by atoms with van der Waals surface area (Å²) >= 11 is 3.42. The summed E-state index contributed by atoms with van der Waals surface area (Å²) in [6.45, 7) is 0.702. The molecule has 1 aromatic carbocycles. The number of phenols is 1. The van der Waals surface area contributed by atoms with Gasteiger partial charge >= 0.3 is 0 Å². The Labute approximate surface area is 111 Å². The summed E-state index contributed by atoms with van der Waals surface area (Å²) in [4.78, 5) is 0. The van der Waals surface area contributed by atoms with Crippen LogP contribution >= 0.6 is 28.3 Å². The van der Waals surface area contributed by atoms with Gasteiger partial charge in [0.05, 0.1) is 0 Å². The number of rotatable bonds is 5. The van der Waals surface area contributed by atoms with E-state index >= 15 is 0 Å². The highest BCUT2D eigenvalue weighted by molar-refractivity contribution is 9.10. The molecule has 1 rings (SSSR count). The fourth-order valence-corrected chi connectivity index (χ4v) is 2.02. The number of unbranched alkanes of at least 4 members (excludes halogenated alkanes) is 1. The maximum Gasteiger partial charge on any atom is 0.115 e. The molecule has 0 fully saturated rings. The molecule has 0 unspecified atom stereocenters. The van der Waals surface area contributed by atoms with Crippen molar-refractivity contribution < 1.29 is 5.11 Å². The Balaban J connectivity index is 0.00000225. The Morgan fingerprint density at radius 1 is 1.31 bits per heavy atom. The minimum atomic E-state index is -0.0435. The Bertz CT molecular complexity index is 323. The zero-order chi connectivity index (χ0) is 11.3. The van der Waals surface area contributed by atoms with Crippen molar-refractivity contribution in [2.75, 3.05) is 6.54 Å². The lowest BCUT2D eigenvalue weighted by Gasteiger charge is -2.13. The molecule has 0 saturated heterocycles. The molecule has 0 aliphatic heterocycles. The molecule has 0 aromatic heterocycles. The van der Waals surface area contributed by atoms with Crippen molar-refractivity contribution in [2.24, 2.45) is 11.5 Å². The lowest BCUT2D eigenvalue weighted by atomic mass is 10.0. The normalized spacial score (nSPS) is 11.9. The first kappa shape index (κ1) is 15.7. The molecule has 1 atom stereocenters. The van der Waals surface area contributed by atoms with E-state index in [1.54, 1.807) is 12.1 Å². The molecule has 1 aromatic rings. The third-order valence-electron chi connectivity index (χ3n) is 2.35. The predicted molar refractivity (Wildman–Crippen MR) is 72.9 cm³/mol. The molecular formula is C11H18BrClN2O. The van der Waals surface area contributed by atoms with Gasteiger partial charge in [0.15, 0.2) is 0 Å². The van der Waals surface area contributed by atoms with Gasteiger partial charge in [-0.3, -0.25) is 0 Å². The van der Waals surface area contributed by atoms with Gasteiger partial charge in [-0.15, -0.1) is 12.4 Å². The zero-order valence-corrected chi connectivity index (χ0v) is 11.4. The molecule has 5 N–H and O–H groups in total. The van der Waals surface area contributed by atoms with Crippen molar-refractivity contribution in [3.63, 3.8) is 0 Å². The third-order valence-corrected chi connectivity index (χ3v) is 3.07. The van der Waals surface area contributed by atoms with Crippen molar-refractivity contribution in [1.29, 1.82) is 0 Å². The van der Waals surface area contributed by atoms with E-state index in [2.05, 4.69) is 15.9 Å². The highest BCUT2D eigenvalue weighted by atomic mass is 79.9. The van der Waals surface area contributed by atoms with Crippen molar-refractivity contribution >= 4 is 28.3 Å². The van der Waals surface area contributed by atoms with Crippen molar-refractivity contribution in [3.8, 4) is 5.75 Å². The van der Waals surface area contributed by atoms with E-state index in [1.165, 1.54) is 0 Å². The van der Waals surface area contributed by atoms with Gasteiger partial charge in [0, 0.05) is 10.5 Å². The fraction of sp³-hybridized carbons (Fsp3) is 0.455. The Kier molecular flexibility index (Phi) is 7.76. The van der Waals surface area contributed by atoms with Crippen LogP contribution in [-0.2, 0) is 0 Å². The topological polar surface area (TPSA) is 72.3 Å². The summed E-state index contributed by atoms with van der Waals surface area (Å²) < 4.78 is 0.945. The fourth-order valence-electron chi connectivity index (χ4n) is 1.48. The first-order chi connectivity index (χ1) is 7.15. The van der Waals surface area contributed by atoms with E-state index in [1.807, 2.05) is 6.07 Å². The number of nitrogens with two attached hydrogens (primary N) is 2. The molecule has 0 radical (unpaired) electrons. The van der Waals surface area contributed by atoms with E-state index in [0.29, 0.717) is 6.54 Å². The molecule has 3 nitrogen and oxygen atoms in total. The highest BCUT2D eigenvalue weighted by Crippen LogP contribution is 2.28. The number of aromatic hydroxyl groups is 1. The second-order valence-corrected chi connectivity index (χ2v) is 4.45. The van der Waals surface area contributed by atoms with Gasteiger partial charge in [0.25, 0.3) is 0 Å². The standard InChI is InChI=1S/C11H17BrN2O.ClH/c12-10-5-4-8(15)7-9(10)11(14)3-1-2-6-13;/h4-5,7,11,15H,1-3,6,13-14H2;1H/t11-;/m0./s1. The molecule has 0 saturated carbocycles. The summed E-state index contributed by atoms with van der Waals surface area (Å²) in [5.74, 6) is 0.252. The summed E-state index contributed by atoms with van der Waals surface area (Å²) in [5, 5.41) is 9.36. The Hall–Kier alpha value is -0.290. The predicted octanol–water partition coefficient (Wildman–Crippen LogP) is 2.71. The van der Waals surface area contributed by atoms with E-state index in [-0.39, 0.29) is 24.2 Å². The number of hydrogen-bond acceptors (Lipinski definition) is 3. The zero-order valence-electron chi connectivity index (χ0n) is 9.03.